The minimum Gasteiger partial charge on any atom is -0.385 e. The predicted octanol–water partition coefficient (Wildman–Crippen LogP) is 2.99. The van der Waals surface area contributed by atoms with Crippen molar-refractivity contribution in [1.82, 2.24) is 69.6 Å². The van der Waals surface area contributed by atoms with Gasteiger partial charge < -0.3 is 19.9 Å². The summed E-state index contributed by atoms with van der Waals surface area (Å²) in [5, 5.41) is 23.8. The second-order valence-electron chi connectivity index (χ2n) is 17.5. The average Bonchev–Trinajstić information content (AvgIpc) is 3.99. The zero-order valence-electron chi connectivity index (χ0n) is 37.8. The van der Waals surface area contributed by atoms with E-state index in [4.69, 9.17) is 14.7 Å². The minimum absolute atomic E-state index is 0.160. The fourth-order valence-corrected chi connectivity index (χ4v) is 9.01. The highest BCUT2D eigenvalue weighted by molar-refractivity contribution is 5.99. The maximum Gasteiger partial charge on any atom is 0.275 e. The van der Waals surface area contributed by atoms with Crippen molar-refractivity contribution in [2.45, 2.75) is 63.8 Å². The normalized spacial score (nSPS) is 18.1. The van der Waals surface area contributed by atoms with Gasteiger partial charge in [-0.2, -0.15) is 10.2 Å². The second kappa shape index (κ2) is 19.8. The topological polar surface area (TPSA) is 229 Å². The Kier molecular flexibility index (Phi) is 12.9. The Morgan fingerprint density at radius 1 is 0.868 bits per heavy atom. The number of ether oxygens (including phenoxy) is 1. The molecule has 7 aromatic rings. The molecule has 0 radical (unpaired) electrons. The molecule has 0 saturated carbocycles. The van der Waals surface area contributed by atoms with Crippen LogP contribution >= 0.6 is 0 Å². The van der Waals surface area contributed by atoms with E-state index in [0.29, 0.717) is 66.4 Å². The number of morpholine rings is 1. The van der Waals surface area contributed by atoms with Gasteiger partial charge in [0, 0.05) is 113 Å². The summed E-state index contributed by atoms with van der Waals surface area (Å²) in [6.07, 6.45) is 14.1. The first-order valence-electron chi connectivity index (χ1n) is 23.1. The van der Waals surface area contributed by atoms with Gasteiger partial charge in [-0.25, -0.2) is 29.3 Å². The number of imide groups is 1. The van der Waals surface area contributed by atoms with Gasteiger partial charge in [-0.05, 0) is 48.6 Å². The largest absolute Gasteiger partial charge is 0.385 e. The fraction of sp³-hybridized carbons (Fsp3) is 0.404. The molecule has 3 amide bonds. The van der Waals surface area contributed by atoms with Crippen LogP contribution in [0, 0.1) is 0 Å². The van der Waals surface area contributed by atoms with Crippen LogP contribution in [0.2, 0.25) is 0 Å². The summed E-state index contributed by atoms with van der Waals surface area (Å²) in [6.45, 7) is 6.94. The Balaban J connectivity index is 0.626. The van der Waals surface area contributed by atoms with Gasteiger partial charge in [0.05, 0.1) is 48.9 Å². The van der Waals surface area contributed by atoms with E-state index in [1.807, 2.05) is 42.7 Å². The van der Waals surface area contributed by atoms with E-state index < -0.39 is 11.9 Å². The van der Waals surface area contributed by atoms with E-state index in [2.05, 4.69) is 75.2 Å². The Bertz CT molecular complexity index is 3000. The van der Waals surface area contributed by atoms with Crippen molar-refractivity contribution in [2.24, 2.45) is 7.05 Å². The summed E-state index contributed by atoms with van der Waals surface area (Å²) < 4.78 is 10.7. The second-order valence-corrected chi connectivity index (χ2v) is 17.5. The molecule has 68 heavy (non-hydrogen) atoms. The molecule has 3 saturated heterocycles. The molecule has 8 heterocycles. The zero-order valence-corrected chi connectivity index (χ0v) is 37.8. The number of aromatic nitrogens is 11. The maximum absolute atomic E-state index is 13.1. The quantitative estimate of drug-likeness (QED) is 0.111. The molecule has 10 rings (SSSR count). The summed E-state index contributed by atoms with van der Waals surface area (Å²) in [5.41, 5.74) is 6.33. The highest BCUT2D eigenvalue weighted by Crippen LogP contribution is 2.24. The lowest BCUT2D eigenvalue weighted by atomic mass is 10.1. The van der Waals surface area contributed by atoms with E-state index >= 15 is 0 Å². The number of nitrogens with one attached hydrogen (secondary N) is 2. The van der Waals surface area contributed by atoms with E-state index in [-0.39, 0.29) is 36.3 Å². The molecule has 2 aromatic carbocycles. The monoisotopic (exact) mass is 920 g/mol. The van der Waals surface area contributed by atoms with E-state index in [1.54, 1.807) is 34.0 Å². The average molecular weight is 921 g/mol. The maximum atomic E-state index is 13.1. The molecule has 2 atom stereocenters. The van der Waals surface area contributed by atoms with Gasteiger partial charge in [-0.15, -0.1) is 5.10 Å². The number of amides is 3. The van der Waals surface area contributed by atoms with Crippen LogP contribution in [0.1, 0.15) is 50.1 Å². The molecule has 3 aliphatic rings. The third-order valence-corrected chi connectivity index (χ3v) is 12.8. The standard InChI is InChI=1S/C47H52N16O5/c1-58-28-35(25-52-58)39-26-49-44-43(54-39)56-57-62(44)30-37-29-61(19-20-68-37)47-50-22-34(23-51-47)32-8-6-31(7-9-32)27-59-15-17-60(18-16-59)42(65)5-3-2-4-14-48-36-10-11-38-33(21-36)24-53-63(46(38)67)40-12-13-41(64)55-45(40)66/h6-11,21-26,28,37,40,48H,2-5,12-20,27,29-30H2,1H3,(H,55,64,66)/t37-,40?/m0/s1. The number of carbonyl (C=O) groups excluding carboxylic acids is 3. The third-order valence-electron chi connectivity index (χ3n) is 12.8. The van der Waals surface area contributed by atoms with Gasteiger partial charge in [0.2, 0.25) is 23.4 Å². The molecule has 5 aromatic heterocycles. The smallest absolute Gasteiger partial charge is 0.275 e. The van der Waals surface area contributed by atoms with Crippen LogP contribution in [-0.2, 0) is 39.3 Å². The first-order valence-corrected chi connectivity index (χ1v) is 23.1. The zero-order chi connectivity index (χ0) is 46.6. The fourth-order valence-electron chi connectivity index (χ4n) is 9.01. The molecular weight excluding hydrogens is 869 g/mol. The number of rotatable bonds is 15. The van der Waals surface area contributed by atoms with Crippen LogP contribution in [0.25, 0.3) is 44.5 Å². The van der Waals surface area contributed by atoms with Crippen LogP contribution in [0.4, 0.5) is 11.6 Å². The Labute approximate surface area is 390 Å². The summed E-state index contributed by atoms with van der Waals surface area (Å²) in [7, 11) is 1.86. The van der Waals surface area contributed by atoms with Crippen molar-refractivity contribution in [1.29, 1.82) is 0 Å². The van der Waals surface area contributed by atoms with Gasteiger partial charge in [-0.1, -0.05) is 35.9 Å². The van der Waals surface area contributed by atoms with Crippen molar-refractivity contribution in [3.63, 3.8) is 0 Å². The Morgan fingerprint density at radius 3 is 2.50 bits per heavy atom. The first-order chi connectivity index (χ1) is 33.2. The van der Waals surface area contributed by atoms with Crippen LogP contribution in [0.5, 0.6) is 0 Å². The molecule has 0 bridgehead atoms. The molecule has 3 fully saturated rings. The van der Waals surface area contributed by atoms with Gasteiger partial charge in [-0.3, -0.25) is 34.1 Å². The number of hydrogen-bond acceptors (Lipinski definition) is 16. The van der Waals surface area contributed by atoms with Crippen molar-refractivity contribution in [3.05, 3.63) is 95.6 Å². The summed E-state index contributed by atoms with van der Waals surface area (Å²) in [5.74, 6) is 0.0159. The number of hydrogen-bond donors (Lipinski definition) is 2. The van der Waals surface area contributed by atoms with Crippen molar-refractivity contribution in [2.75, 3.05) is 62.6 Å². The van der Waals surface area contributed by atoms with Crippen molar-refractivity contribution >= 4 is 51.4 Å². The highest BCUT2D eigenvalue weighted by Gasteiger charge is 2.30. The number of piperazine rings is 1. The summed E-state index contributed by atoms with van der Waals surface area (Å²) in [4.78, 5) is 75.2. The molecule has 350 valence electrons. The van der Waals surface area contributed by atoms with Crippen LogP contribution < -0.4 is 21.1 Å². The number of unbranched alkanes of at least 4 members (excludes halogenated alkanes) is 2. The number of carbonyl (C=O) groups is 3. The van der Waals surface area contributed by atoms with Gasteiger partial charge in [0.15, 0.2) is 5.65 Å². The lowest BCUT2D eigenvalue weighted by molar-refractivity contribution is -0.136. The van der Waals surface area contributed by atoms with Gasteiger partial charge >= 0.3 is 0 Å². The Hall–Kier alpha value is -7.52. The lowest BCUT2D eigenvalue weighted by Gasteiger charge is -2.35. The van der Waals surface area contributed by atoms with Gasteiger partial charge in [0.1, 0.15) is 6.04 Å². The van der Waals surface area contributed by atoms with E-state index in [1.165, 1.54) is 10.2 Å². The molecule has 21 nitrogen and oxygen atoms in total. The van der Waals surface area contributed by atoms with Crippen LogP contribution in [-0.4, -0.2) is 141 Å². The molecular formula is C47H52N16O5. The molecule has 0 aliphatic carbocycles. The minimum atomic E-state index is -0.797. The number of piperidine rings is 1. The third kappa shape index (κ3) is 9.93. The van der Waals surface area contributed by atoms with Crippen molar-refractivity contribution in [3.8, 4) is 22.4 Å². The molecule has 1 unspecified atom stereocenters. The number of nitrogens with zero attached hydrogens (tertiary/aromatic N) is 14. The lowest BCUT2D eigenvalue weighted by Crippen LogP contribution is -2.48. The number of aryl methyl sites for hydroxylation is 1. The first kappa shape index (κ1) is 44.3. The van der Waals surface area contributed by atoms with E-state index in [0.717, 1.165) is 80.9 Å². The number of benzene rings is 2. The molecule has 3 aliphatic heterocycles. The van der Waals surface area contributed by atoms with Crippen LogP contribution in [0.15, 0.2) is 84.4 Å². The molecule has 0 spiro atoms. The van der Waals surface area contributed by atoms with Gasteiger partial charge in [0.25, 0.3) is 11.5 Å². The highest BCUT2D eigenvalue weighted by atomic mass is 16.5. The van der Waals surface area contributed by atoms with E-state index in [9.17, 15) is 19.2 Å². The summed E-state index contributed by atoms with van der Waals surface area (Å²) in [6, 6.07) is 13.2. The SMILES string of the molecule is Cn1cc(-c2cnc3c(nnn3C[C@@H]3CN(c4ncc(-c5ccc(CN6CCN(C(=O)CCCCCNc7ccc8c(=O)n(C9CCC(=O)NC9=O)ncc8c7)CC6)cc5)cn4)CCO3)n2)cn1. The van der Waals surface area contributed by atoms with Crippen molar-refractivity contribution < 1.29 is 19.1 Å². The Morgan fingerprint density at radius 2 is 1.71 bits per heavy atom. The molecule has 2 N–H and O–H groups in total. The molecule has 21 heteroatoms. The number of fused-ring (bicyclic) bond motifs is 2. The predicted molar refractivity (Wildman–Crippen MR) is 251 cm³/mol. The van der Waals surface area contributed by atoms with Crippen LogP contribution in [0.3, 0.4) is 0 Å². The summed E-state index contributed by atoms with van der Waals surface area (Å²) >= 11 is 0. The number of anilines is 2.